The molecule has 1 aliphatic heterocycles. The molecule has 2 heterocycles. The van der Waals surface area contributed by atoms with Crippen molar-refractivity contribution < 1.29 is 8.42 Å². The van der Waals surface area contributed by atoms with Gasteiger partial charge in [-0.05, 0) is 46.8 Å². The highest BCUT2D eigenvalue weighted by atomic mass is 32.2. The lowest BCUT2D eigenvalue weighted by atomic mass is 10.2. The standard InChI is InChI=1S/C15H29N5O2S/c1-5-20-13(2)16-17-15(20)12-18(3)14-7-9-19(11-14)8-6-10-23(4,21)22/h14H,5-12H2,1-4H3. The molecular weight excluding hydrogens is 314 g/mol. The number of rotatable bonds is 8. The first-order chi connectivity index (χ1) is 10.8. The molecule has 8 heteroatoms. The summed E-state index contributed by atoms with van der Waals surface area (Å²) < 4.78 is 24.6. The highest BCUT2D eigenvalue weighted by molar-refractivity contribution is 7.90. The molecule has 1 unspecified atom stereocenters. The smallest absolute Gasteiger partial charge is 0.147 e. The van der Waals surface area contributed by atoms with Gasteiger partial charge in [0.05, 0.1) is 12.3 Å². The molecule has 0 aromatic carbocycles. The van der Waals surface area contributed by atoms with Crippen LogP contribution in [0, 0.1) is 6.92 Å². The van der Waals surface area contributed by atoms with Crippen molar-refractivity contribution in [3.8, 4) is 0 Å². The maximum Gasteiger partial charge on any atom is 0.147 e. The Morgan fingerprint density at radius 1 is 1.35 bits per heavy atom. The number of sulfone groups is 1. The van der Waals surface area contributed by atoms with Crippen LogP contribution in [0.25, 0.3) is 0 Å². The molecule has 1 aromatic heterocycles. The quantitative estimate of drug-likeness (QED) is 0.686. The number of hydrogen-bond donors (Lipinski definition) is 0. The Labute approximate surface area is 139 Å². The van der Waals surface area contributed by atoms with Crippen LogP contribution in [0.1, 0.15) is 31.4 Å². The van der Waals surface area contributed by atoms with Gasteiger partial charge in [0.25, 0.3) is 0 Å². The molecule has 1 atom stereocenters. The van der Waals surface area contributed by atoms with Crippen molar-refractivity contribution in [1.29, 1.82) is 0 Å². The molecule has 0 N–H and O–H groups in total. The van der Waals surface area contributed by atoms with Crippen LogP contribution in [0.4, 0.5) is 0 Å². The zero-order valence-electron chi connectivity index (χ0n) is 14.7. The van der Waals surface area contributed by atoms with Gasteiger partial charge in [-0.3, -0.25) is 4.90 Å². The van der Waals surface area contributed by atoms with E-state index < -0.39 is 9.84 Å². The molecule has 1 fully saturated rings. The fourth-order valence-electron chi connectivity index (χ4n) is 3.23. The van der Waals surface area contributed by atoms with E-state index in [4.69, 9.17) is 0 Å². The second kappa shape index (κ2) is 7.72. The summed E-state index contributed by atoms with van der Waals surface area (Å²) >= 11 is 0. The van der Waals surface area contributed by atoms with Gasteiger partial charge in [0.15, 0.2) is 0 Å². The second-order valence-electron chi connectivity index (χ2n) is 6.55. The fraction of sp³-hybridized carbons (Fsp3) is 0.867. The van der Waals surface area contributed by atoms with Gasteiger partial charge in [-0.2, -0.15) is 0 Å². The largest absolute Gasteiger partial charge is 0.314 e. The second-order valence-corrected chi connectivity index (χ2v) is 8.81. The number of aryl methyl sites for hydroxylation is 1. The number of hydrogen-bond acceptors (Lipinski definition) is 6. The fourth-order valence-corrected chi connectivity index (χ4v) is 3.88. The van der Waals surface area contributed by atoms with Crippen molar-refractivity contribution in [2.75, 3.05) is 38.7 Å². The Morgan fingerprint density at radius 3 is 2.74 bits per heavy atom. The number of nitrogens with zero attached hydrogens (tertiary/aromatic N) is 5. The van der Waals surface area contributed by atoms with E-state index in [-0.39, 0.29) is 5.75 Å². The molecule has 7 nitrogen and oxygen atoms in total. The van der Waals surface area contributed by atoms with Gasteiger partial charge < -0.3 is 9.47 Å². The lowest BCUT2D eigenvalue weighted by molar-refractivity contribution is 0.218. The van der Waals surface area contributed by atoms with Crippen LogP contribution >= 0.6 is 0 Å². The normalized spacial score (nSPS) is 19.8. The molecule has 0 spiro atoms. The molecule has 23 heavy (non-hydrogen) atoms. The van der Waals surface area contributed by atoms with Crippen molar-refractivity contribution in [2.24, 2.45) is 0 Å². The van der Waals surface area contributed by atoms with Crippen LogP contribution in [-0.4, -0.2) is 77.7 Å². The summed E-state index contributed by atoms with van der Waals surface area (Å²) in [6.45, 7) is 8.69. The van der Waals surface area contributed by atoms with Crippen molar-refractivity contribution in [3.05, 3.63) is 11.6 Å². The highest BCUT2D eigenvalue weighted by Crippen LogP contribution is 2.17. The Bertz CT molecular complexity index is 613. The Morgan fingerprint density at radius 2 is 2.09 bits per heavy atom. The molecule has 0 bridgehead atoms. The molecule has 132 valence electrons. The molecule has 0 saturated carbocycles. The molecule has 2 rings (SSSR count). The van der Waals surface area contributed by atoms with E-state index in [0.29, 0.717) is 6.04 Å². The van der Waals surface area contributed by atoms with Crippen LogP contribution in [0.3, 0.4) is 0 Å². The Kier molecular flexibility index (Phi) is 6.16. The predicted octanol–water partition coefficient (Wildman–Crippen LogP) is 0.547. The van der Waals surface area contributed by atoms with Crippen molar-refractivity contribution >= 4 is 9.84 Å². The molecule has 0 radical (unpaired) electrons. The molecule has 1 aromatic rings. The van der Waals surface area contributed by atoms with Gasteiger partial charge in [-0.1, -0.05) is 0 Å². The zero-order valence-corrected chi connectivity index (χ0v) is 15.5. The van der Waals surface area contributed by atoms with Crippen LogP contribution in [0.2, 0.25) is 0 Å². The van der Waals surface area contributed by atoms with Crippen LogP contribution in [0.15, 0.2) is 0 Å². The molecule has 0 amide bonds. The third kappa shape index (κ3) is 5.26. The van der Waals surface area contributed by atoms with E-state index in [1.807, 2.05) is 6.92 Å². The van der Waals surface area contributed by atoms with Crippen molar-refractivity contribution in [2.45, 2.75) is 45.8 Å². The first kappa shape index (κ1) is 18.4. The summed E-state index contributed by atoms with van der Waals surface area (Å²) in [5.74, 6) is 2.26. The minimum Gasteiger partial charge on any atom is -0.314 e. The highest BCUT2D eigenvalue weighted by Gasteiger charge is 2.26. The third-order valence-corrected chi connectivity index (χ3v) is 5.61. The van der Waals surface area contributed by atoms with Gasteiger partial charge in [0.2, 0.25) is 0 Å². The van der Waals surface area contributed by atoms with Gasteiger partial charge in [0.1, 0.15) is 21.5 Å². The summed E-state index contributed by atoms with van der Waals surface area (Å²) in [6.07, 6.45) is 3.15. The summed E-state index contributed by atoms with van der Waals surface area (Å²) in [4.78, 5) is 4.70. The number of aromatic nitrogens is 3. The van der Waals surface area contributed by atoms with Crippen LogP contribution in [0.5, 0.6) is 0 Å². The number of likely N-dealkylation sites (tertiary alicyclic amines) is 1. The lowest BCUT2D eigenvalue weighted by Gasteiger charge is -2.24. The maximum atomic E-state index is 11.2. The van der Waals surface area contributed by atoms with Gasteiger partial charge in [-0.25, -0.2) is 8.42 Å². The minimum absolute atomic E-state index is 0.281. The van der Waals surface area contributed by atoms with E-state index in [2.05, 4.69) is 38.5 Å². The van der Waals surface area contributed by atoms with Gasteiger partial charge in [0, 0.05) is 25.4 Å². The number of likely N-dealkylation sites (N-methyl/N-ethyl adjacent to an activating group) is 1. The van der Waals surface area contributed by atoms with E-state index in [0.717, 1.165) is 57.2 Å². The zero-order chi connectivity index (χ0) is 17.0. The molecule has 1 saturated heterocycles. The molecular formula is C15H29N5O2S. The maximum absolute atomic E-state index is 11.2. The Balaban J connectivity index is 1.81. The average molecular weight is 343 g/mol. The van der Waals surface area contributed by atoms with Gasteiger partial charge in [-0.15, -0.1) is 10.2 Å². The Hall–Kier alpha value is -0.990. The lowest BCUT2D eigenvalue weighted by Crippen LogP contribution is -2.35. The van der Waals surface area contributed by atoms with Gasteiger partial charge >= 0.3 is 0 Å². The van der Waals surface area contributed by atoms with Crippen molar-refractivity contribution in [3.63, 3.8) is 0 Å². The van der Waals surface area contributed by atoms with E-state index in [1.54, 1.807) is 0 Å². The molecule has 0 aliphatic carbocycles. The first-order valence-corrected chi connectivity index (χ1v) is 10.3. The third-order valence-electron chi connectivity index (χ3n) is 4.58. The predicted molar refractivity (Wildman–Crippen MR) is 91.1 cm³/mol. The van der Waals surface area contributed by atoms with Crippen molar-refractivity contribution in [1.82, 2.24) is 24.6 Å². The van der Waals surface area contributed by atoms with Crippen LogP contribution < -0.4 is 0 Å². The average Bonchev–Trinajstić information content (AvgIpc) is 3.05. The monoisotopic (exact) mass is 343 g/mol. The first-order valence-electron chi connectivity index (χ1n) is 8.29. The van der Waals surface area contributed by atoms with Crippen LogP contribution in [-0.2, 0) is 22.9 Å². The summed E-state index contributed by atoms with van der Waals surface area (Å²) in [5, 5.41) is 8.45. The summed E-state index contributed by atoms with van der Waals surface area (Å²) in [7, 11) is -0.713. The summed E-state index contributed by atoms with van der Waals surface area (Å²) in [5.41, 5.74) is 0. The van der Waals surface area contributed by atoms with E-state index in [9.17, 15) is 8.42 Å². The summed E-state index contributed by atoms with van der Waals surface area (Å²) in [6, 6.07) is 0.496. The minimum atomic E-state index is -2.85. The topological polar surface area (TPSA) is 71.3 Å². The molecule has 1 aliphatic rings. The van der Waals surface area contributed by atoms with E-state index >= 15 is 0 Å². The SMILES string of the molecule is CCn1c(C)nnc1CN(C)C1CCN(CCCS(C)(=O)=O)C1. The van der Waals surface area contributed by atoms with E-state index in [1.165, 1.54) is 6.26 Å².